The SMILES string of the molecule is COCCC(C)S(=O)c1c(N)cccc1Cl. The Morgan fingerprint density at radius 3 is 2.81 bits per heavy atom. The molecule has 0 heterocycles. The van der Waals surface area contributed by atoms with Gasteiger partial charge in [-0.05, 0) is 18.6 Å². The van der Waals surface area contributed by atoms with Crippen LogP contribution in [-0.2, 0) is 15.5 Å². The smallest absolute Gasteiger partial charge is 0.0806 e. The molecule has 2 N–H and O–H groups in total. The average Bonchev–Trinajstić information content (AvgIpc) is 2.25. The molecule has 0 amide bonds. The number of methoxy groups -OCH3 is 1. The summed E-state index contributed by atoms with van der Waals surface area (Å²) in [4.78, 5) is 0.535. The summed E-state index contributed by atoms with van der Waals surface area (Å²) >= 11 is 6.00. The van der Waals surface area contributed by atoms with Gasteiger partial charge in [0.15, 0.2) is 0 Å². The van der Waals surface area contributed by atoms with E-state index in [-0.39, 0.29) is 5.25 Å². The van der Waals surface area contributed by atoms with Crippen molar-refractivity contribution < 1.29 is 8.95 Å². The molecule has 3 nitrogen and oxygen atoms in total. The van der Waals surface area contributed by atoms with E-state index in [1.54, 1.807) is 25.3 Å². The fraction of sp³-hybridized carbons (Fsp3) is 0.455. The lowest BCUT2D eigenvalue weighted by Crippen LogP contribution is -2.15. The molecule has 1 aromatic carbocycles. The quantitative estimate of drug-likeness (QED) is 0.829. The first-order valence-corrected chi connectivity index (χ1v) is 6.60. The van der Waals surface area contributed by atoms with Crippen LogP contribution in [0.15, 0.2) is 23.1 Å². The molecule has 90 valence electrons. The Balaban J connectivity index is 2.87. The number of benzene rings is 1. The van der Waals surface area contributed by atoms with Gasteiger partial charge in [-0.2, -0.15) is 0 Å². The Bertz CT molecular complexity index is 364. The normalized spacial score (nSPS) is 14.7. The zero-order chi connectivity index (χ0) is 12.1. The molecule has 0 saturated heterocycles. The van der Waals surface area contributed by atoms with Crippen molar-refractivity contribution in [3.05, 3.63) is 23.2 Å². The van der Waals surface area contributed by atoms with Crippen molar-refractivity contribution in [1.82, 2.24) is 0 Å². The first-order chi connectivity index (χ1) is 7.57. The number of rotatable bonds is 5. The lowest BCUT2D eigenvalue weighted by atomic mass is 10.3. The third-order valence-corrected chi connectivity index (χ3v) is 4.54. The molecular weight excluding hydrogens is 246 g/mol. The monoisotopic (exact) mass is 261 g/mol. The molecule has 2 unspecified atom stereocenters. The van der Waals surface area contributed by atoms with E-state index in [0.29, 0.717) is 28.6 Å². The third kappa shape index (κ3) is 3.20. The lowest BCUT2D eigenvalue weighted by Gasteiger charge is -2.13. The Hall–Kier alpha value is -0.580. The second-order valence-electron chi connectivity index (χ2n) is 3.55. The summed E-state index contributed by atoms with van der Waals surface area (Å²) in [6, 6.07) is 5.16. The Kier molecular flexibility index (Phi) is 5.25. The molecule has 1 rings (SSSR count). The number of halogens is 1. The predicted molar refractivity (Wildman–Crippen MR) is 68.2 cm³/mol. The third-order valence-electron chi connectivity index (χ3n) is 2.29. The van der Waals surface area contributed by atoms with Crippen LogP contribution >= 0.6 is 11.6 Å². The van der Waals surface area contributed by atoms with E-state index in [1.165, 1.54) is 0 Å². The predicted octanol–water partition coefficient (Wildman–Crippen LogP) is 2.45. The lowest BCUT2D eigenvalue weighted by molar-refractivity contribution is 0.195. The topological polar surface area (TPSA) is 52.3 Å². The maximum atomic E-state index is 12.2. The van der Waals surface area contributed by atoms with E-state index in [1.807, 2.05) is 6.92 Å². The Morgan fingerprint density at radius 2 is 2.25 bits per heavy atom. The standard InChI is InChI=1S/C11H16ClNO2S/c1-8(6-7-15-2)16(14)11-9(12)4-3-5-10(11)13/h3-5,8H,6-7,13H2,1-2H3. The molecular formula is C11H16ClNO2S. The van der Waals surface area contributed by atoms with Gasteiger partial charge in [0.05, 0.1) is 20.7 Å². The minimum atomic E-state index is -1.19. The summed E-state index contributed by atoms with van der Waals surface area (Å²) in [6.07, 6.45) is 0.716. The first kappa shape index (κ1) is 13.5. The summed E-state index contributed by atoms with van der Waals surface area (Å²) in [7, 11) is 0.435. The van der Waals surface area contributed by atoms with Crippen molar-refractivity contribution >= 4 is 28.1 Å². The molecule has 0 fully saturated rings. The summed E-state index contributed by atoms with van der Waals surface area (Å²) < 4.78 is 17.1. The van der Waals surface area contributed by atoms with Gasteiger partial charge >= 0.3 is 0 Å². The molecule has 0 saturated carbocycles. The minimum Gasteiger partial charge on any atom is -0.398 e. The molecule has 2 atom stereocenters. The van der Waals surface area contributed by atoms with Crippen molar-refractivity contribution in [3.8, 4) is 0 Å². The molecule has 0 radical (unpaired) electrons. The summed E-state index contributed by atoms with van der Waals surface area (Å²) in [5, 5.41) is 0.435. The van der Waals surface area contributed by atoms with Crippen LogP contribution in [0.5, 0.6) is 0 Å². The number of hydrogen-bond acceptors (Lipinski definition) is 3. The van der Waals surface area contributed by atoms with Crippen LogP contribution in [0.2, 0.25) is 5.02 Å². The van der Waals surface area contributed by atoms with Crippen LogP contribution in [0, 0.1) is 0 Å². The van der Waals surface area contributed by atoms with Crippen LogP contribution in [0.4, 0.5) is 5.69 Å². The summed E-state index contributed by atoms with van der Waals surface area (Å²) in [5.41, 5.74) is 6.26. The van der Waals surface area contributed by atoms with Gasteiger partial charge in [0.1, 0.15) is 0 Å². The number of nitrogen functional groups attached to an aromatic ring is 1. The minimum absolute atomic E-state index is 0.0258. The fourth-order valence-electron chi connectivity index (χ4n) is 1.33. The van der Waals surface area contributed by atoms with Crippen molar-refractivity contribution in [3.63, 3.8) is 0 Å². The van der Waals surface area contributed by atoms with Crippen molar-refractivity contribution in [2.75, 3.05) is 19.5 Å². The molecule has 0 bridgehead atoms. The number of ether oxygens (including phenoxy) is 1. The van der Waals surface area contributed by atoms with Crippen LogP contribution in [0.3, 0.4) is 0 Å². The molecule has 0 spiro atoms. The Morgan fingerprint density at radius 1 is 1.56 bits per heavy atom. The van der Waals surface area contributed by atoms with Gasteiger partial charge in [-0.3, -0.25) is 4.21 Å². The summed E-state index contributed by atoms with van der Waals surface area (Å²) in [6.45, 7) is 2.48. The van der Waals surface area contributed by atoms with Gasteiger partial charge in [-0.25, -0.2) is 0 Å². The van der Waals surface area contributed by atoms with Gasteiger partial charge < -0.3 is 10.5 Å². The fourth-order valence-corrected chi connectivity index (χ4v) is 3.01. The van der Waals surface area contributed by atoms with E-state index in [2.05, 4.69) is 0 Å². The maximum absolute atomic E-state index is 12.2. The van der Waals surface area contributed by atoms with Gasteiger partial charge in [0, 0.05) is 24.7 Å². The maximum Gasteiger partial charge on any atom is 0.0806 e. The molecule has 1 aromatic rings. The van der Waals surface area contributed by atoms with E-state index in [0.717, 1.165) is 0 Å². The highest BCUT2D eigenvalue weighted by molar-refractivity contribution is 7.86. The van der Waals surface area contributed by atoms with E-state index in [4.69, 9.17) is 22.1 Å². The largest absolute Gasteiger partial charge is 0.398 e. The molecule has 5 heteroatoms. The molecule has 0 aromatic heterocycles. The Labute approximate surface area is 103 Å². The van der Waals surface area contributed by atoms with Crippen molar-refractivity contribution in [1.29, 1.82) is 0 Å². The van der Waals surface area contributed by atoms with Crippen LogP contribution in [-0.4, -0.2) is 23.2 Å². The molecule has 0 aliphatic rings. The van der Waals surface area contributed by atoms with Gasteiger partial charge in [0.2, 0.25) is 0 Å². The molecule has 16 heavy (non-hydrogen) atoms. The van der Waals surface area contributed by atoms with E-state index >= 15 is 0 Å². The number of hydrogen-bond donors (Lipinski definition) is 1. The number of anilines is 1. The number of nitrogens with two attached hydrogens (primary N) is 1. The highest BCUT2D eigenvalue weighted by atomic mass is 35.5. The van der Waals surface area contributed by atoms with Crippen LogP contribution in [0.1, 0.15) is 13.3 Å². The second kappa shape index (κ2) is 6.23. The van der Waals surface area contributed by atoms with Crippen molar-refractivity contribution in [2.45, 2.75) is 23.5 Å². The van der Waals surface area contributed by atoms with Crippen molar-refractivity contribution in [2.24, 2.45) is 0 Å². The molecule has 0 aliphatic heterocycles. The van der Waals surface area contributed by atoms with E-state index < -0.39 is 10.8 Å². The van der Waals surface area contributed by atoms with Gasteiger partial charge in [-0.1, -0.05) is 24.6 Å². The van der Waals surface area contributed by atoms with Crippen LogP contribution < -0.4 is 5.73 Å². The highest BCUT2D eigenvalue weighted by Gasteiger charge is 2.18. The van der Waals surface area contributed by atoms with Crippen LogP contribution in [0.25, 0.3) is 0 Å². The summed E-state index contributed by atoms with van der Waals surface area (Å²) in [5.74, 6) is 0. The zero-order valence-corrected chi connectivity index (χ0v) is 11.0. The zero-order valence-electron chi connectivity index (χ0n) is 9.40. The first-order valence-electron chi connectivity index (χ1n) is 5.01. The highest BCUT2D eigenvalue weighted by Crippen LogP contribution is 2.28. The average molecular weight is 262 g/mol. The van der Waals surface area contributed by atoms with Gasteiger partial charge in [0.25, 0.3) is 0 Å². The van der Waals surface area contributed by atoms with Gasteiger partial charge in [-0.15, -0.1) is 0 Å². The second-order valence-corrected chi connectivity index (χ2v) is 5.76. The molecule has 0 aliphatic carbocycles. The van der Waals surface area contributed by atoms with E-state index in [9.17, 15) is 4.21 Å².